The molecule has 2 aromatic carbocycles. The predicted molar refractivity (Wildman–Crippen MR) is 102 cm³/mol. The van der Waals surface area contributed by atoms with Gasteiger partial charge in [-0.25, -0.2) is 0 Å². The second-order valence-electron chi connectivity index (χ2n) is 5.88. The molecule has 0 aliphatic rings. The molecule has 132 valence electrons. The van der Waals surface area contributed by atoms with Gasteiger partial charge in [-0.3, -0.25) is 4.98 Å². The molecule has 1 heterocycles. The van der Waals surface area contributed by atoms with E-state index in [0.29, 0.717) is 27.6 Å². The van der Waals surface area contributed by atoms with Crippen molar-refractivity contribution in [1.29, 1.82) is 10.5 Å². The molecular weight excluding hydrogens is 360 g/mol. The predicted octanol–water partition coefficient (Wildman–Crippen LogP) is 4.46. The molecule has 0 saturated heterocycles. The first-order chi connectivity index (χ1) is 13.1. The number of benzene rings is 2. The average molecular weight is 375 g/mol. The lowest BCUT2D eigenvalue weighted by molar-refractivity contribution is 0.168. The summed E-state index contributed by atoms with van der Waals surface area (Å²) in [5.41, 5.74) is 6.54. The highest BCUT2D eigenvalue weighted by molar-refractivity contribution is 6.30. The van der Waals surface area contributed by atoms with Gasteiger partial charge in [-0.05, 0) is 60.5 Å². The third-order valence-electron chi connectivity index (χ3n) is 4.03. The summed E-state index contributed by atoms with van der Waals surface area (Å²) in [4.78, 5) is 10.1. The van der Waals surface area contributed by atoms with Gasteiger partial charge in [-0.1, -0.05) is 23.7 Å². The third kappa shape index (κ3) is 4.43. The van der Waals surface area contributed by atoms with Crippen molar-refractivity contribution < 1.29 is 4.84 Å². The zero-order valence-electron chi connectivity index (χ0n) is 14.5. The molecule has 5 nitrogen and oxygen atoms in total. The smallest absolute Gasteiger partial charge is 0.147 e. The summed E-state index contributed by atoms with van der Waals surface area (Å²) in [6.07, 6.45) is 1.52. The number of hydrogen-bond donors (Lipinski definition) is 1. The molecule has 0 amide bonds. The summed E-state index contributed by atoms with van der Waals surface area (Å²) in [5.74, 6) is 0.583. The molecule has 0 aliphatic heterocycles. The highest BCUT2D eigenvalue weighted by Crippen LogP contribution is 2.24. The molecule has 1 N–H and O–H groups in total. The van der Waals surface area contributed by atoms with Crippen LogP contribution < -0.4 is 10.3 Å². The van der Waals surface area contributed by atoms with E-state index in [1.54, 1.807) is 42.5 Å². The second-order valence-corrected chi connectivity index (χ2v) is 6.31. The lowest BCUT2D eigenvalue weighted by Crippen LogP contribution is -2.26. The maximum Gasteiger partial charge on any atom is 0.147 e. The minimum atomic E-state index is -0.369. The highest BCUT2D eigenvalue weighted by atomic mass is 35.5. The van der Waals surface area contributed by atoms with Gasteiger partial charge in [0.05, 0.1) is 22.9 Å². The fourth-order valence-electron chi connectivity index (χ4n) is 2.55. The maximum atomic E-state index is 9.04. The number of pyridine rings is 1. The zero-order valence-corrected chi connectivity index (χ0v) is 15.2. The quantitative estimate of drug-likeness (QED) is 0.667. The monoisotopic (exact) mass is 374 g/mol. The second kappa shape index (κ2) is 8.33. The van der Waals surface area contributed by atoms with Gasteiger partial charge in [0, 0.05) is 11.2 Å². The molecule has 3 rings (SSSR count). The number of aromatic nitrogens is 1. The standard InChI is InChI=1S/C21H15ClN4O/c1-14-10-19(8-5-17(14)12-24)27-26-21(16-3-6-18(22)7-4-16)20-9-2-15(11-23)13-25-20/h2-10,13,21,26H,1H3. The molecule has 0 fully saturated rings. The van der Waals surface area contributed by atoms with Gasteiger partial charge in [0.2, 0.25) is 0 Å². The van der Waals surface area contributed by atoms with Crippen LogP contribution in [-0.4, -0.2) is 4.98 Å². The highest BCUT2D eigenvalue weighted by Gasteiger charge is 2.17. The molecule has 1 atom stereocenters. The van der Waals surface area contributed by atoms with Crippen molar-refractivity contribution in [1.82, 2.24) is 10.5 Å². The van der Waals surface area contributed by atoms with Crippen molar-refractivity contribution in [2.45, 2.75) is 13.0 Å². The van der Waals surface area contributed by atoms with Crippen LogP contribution in [0.25, 0.3) is 0 Å². The van der Waals surface area contributed by atoms with Crippen molar-refractivity contribution in [3.63, 3.8) is 0 Å². The number of nitriles is 2. The van der Waals surface area contributed by atoms with Gasteiger partial charge >= 0.3 is 0 Å². The van der Waals surface area contributed by atoms with Crippen LogP contribution in [0.4, 0.5) is 0 Å². The van der Waals surface area contributed by atoms with E-state index in [9.17, 15) is 0 Å². The van der Waals surface area contributed by atoms with Crippen LogP contribution in [-0.2, 0) is 0 Å². The molecule has 0 spiro atoms. The number of nitrogens with one attached hydrogen (secondary N) is 1. The maximum absolute atomic E-state index is 9.04. The minimum absolute atomic E-state index is 0.369. The van der Waals surface area contributed by atoms with Crippen molar-refractivity contribution >= 4 is 11.6 Å². The molecule has 3 aromatic rings. The number of rotatable bonds is 5. The summed E-state index contributed by atoms with van der Waals surface area (Å²) in [6.45, 7) is 1.85. The Bertz CT molecular complexity index is 1020. The summed E-state index contributed by atoms with van der Waals surface area (Å²) in [6, 6.07) is 19.9. The first-order valence-corrected chi connectivity index (χ1v) is 8.53. The SMILES string of the molecule is Cc1cc(ONC(c2ccc(Cl)cc2)c2ccc(C#N)cn2)ccc1C#N. The molecule has 6 heteroatoms. The lowest BCUT2D eigenvalue weighted by atomic mass is 10.0. The molecule has 0 saturated carbocycles. The Morgan fingerprint density at radius 1 is 1.04 bits per heavy atom. The normalized spacial score (nSPS) is 11.3. The molecule has 1 aromatic heterocycles. The number of halogens is 1. The topological polar surface area (TPSA) is 81.7 Å². The molecule has 1 unspecified atom stereocenters. The number of aryl methyl sites for hydroxylation is 1. The lowest BCUT2D eigenvalue weighted by Gasteiger charge is -2.19. The van der Waals surface area contributed by atoms with Crippen LogP contribution >= 0.6 is 11.6 Å². The number of hydrogen-bond acceptors (Lipinski definition) is 5. The zero-order chi connectivity index (χ0) is 19.2. The first-order valence-electron chi connectivity index (χ1n) is 8.15. The Kier molecular flexibility index (Phi) is 5.68. The van der Waals surface area contributed by atoms with Gasteiger partial charge < -0.3 is 4.84 Å². The largest absolute Gasteiger partial charge is 0.408 e. The van der Waals surface area contributed by atoms with Crippen LogP contribution in [0.3, 0.4) is 0 Å². The van der Waals surface area contributed by atoms with Gasteiger partial charge in [-0.2, -0.15) is 10.5 Å². The van der Waals surface area contributed by atoms with E-state index in [0.717, 1.165) is 11.1 Å². The van der Waals surface area contributed by atoms with Gasteiger partial charge in [-0.15, -0.1) is 5.48 Å². The summed E-state index contributed by atoms with van der Waals surface area (Å²) < 4.78 is 0. The van der Waals surface area contributed by atoms with E-state index in [1.807, 2.05) is 19.1 Å². The van der Waals surface area contributed by atoms with Crippen molar-refractivity contribution in [2.75, 3.05) is 0 Å². The Morgan fingerprint density at radius 2 is 1.81 bits per heavy atom. The van der Waals surface area contributed by atoms with Crippen molar-refractivity contribution in [3.05, 3.63) is 93.8 Å². The van der Waals surface area contributed by atoms with Crippen LogP contribution in [0, 0.1) is 29.6 Å². The Labute approximate surface area is 162 Å². The van der Waals surface area contributed by atoms with Crippen LogP contribution in [0.2, 0.25) is 5.02 Å². The summed E-state index contributed by atoms with van der Waals surface area (Å²) >= 11 is 5.99. The van der Waals surface area contributed by atoms with Crippen molar-refractivity contribution in [2.24, 2.45) is 0 Å². The van der Waals surface area contributed by atoms with Crippen LogP contribution in [0.1, 0.15) is 34.0 Å². The van der Waals surface area contributed by atoms with E-state index in [1.165, 1.54) is 6.20 Å². The molecule has 0 radical (unpaired) electrons. The van der Waals surface area contributed by atoms with Gasteiger partial charge in [0.25, 0.3) is 0 Å². The molecule has 0 bridgehead atoms. The first kappa shape index (κ1) is 18.4. The van der Waals surface area contributed by atoms with E-state index < -0.39 is 0 Å². The minimum Gasteiger partial charge on any atom is -0.408 e. The molecule has 0 aliphatic carbocycles. The van der Waals surface area contributed by atoms with E-state index in [-0.39, 0.29) is 6.04 Å². The average Bonchev–Trinajstić information content (AvgIpc) is 2.70. The van der Waals surface area contributed by atoms with E-state index >= 15 is 0 Å². The van der Waals surface area contributed by atoms with Gasteiger partial charge in [0.15, 0.2) is 0 Å². The van der Waals surface area contributed by atoms with E-state index in [2.05, 4.69) is 22.6 Å². The fourth-order valence-corrected chi connectivity index (χ4v) is 2.67. The van der Waals surface area contributed by atoms with Crippen LogP contribution in [0.5, 0.6) is 5.75 Å². The van der Waals surface area contributed by atoms with E-state index in [4.69, 9.17) is 27.0 Å². The summed E-state index contributed by atoms with van der Waals surface area (Å²) in [7, 11) is 0. The van der Waals surface area contributed by atoms with Crippen LogP contribution in [0.15, 0.2) is 60.8 Å². The molecule has 27 heavy (non-hydrogen) atoms. The number of nitrogens with zero attached hydrogens (tertiary/aromatic N) is 3. The fraction of sp³-hybridized carbons (Fsp3) is 0.0952. The number of hydroxylamine groups is 1. The summed E-state index contributed by atoms with van der Waals surface area (Å²) in [5, 5.41) is 18.6. The third-order valence-corrected chi connectivity index (χ3v) is 4.28. The Balaban J connectivity index is 1.87. The van der Waals surface area contributed by atoms with Crippen molar-refractivity contribution in [3.8, 4) is 17.9 Å². The Hall–Kier alpha value is -3.38. The molecular formula is C21H15ClN4O. The Morgan fingerprint density at radius 3 is 2.41 bits per heavy atom. The van der Waals surface area contributed by atoms with Gasteiger partial charge in [0.1, 0.15) is 17.9 Å².